The molecule has 0 saturated carbocycles. The largest absolute Gasteiger partial charge is 0.483 e. The minimum Gasteiger partial charge on any atom is -0.483 e. The lowest BCUT2D eigenvalue weighted by Crippen LogP contribution is -3.14. The van der Waals surface area contributed by atoms with Gasteiger partial charge in [-0.15, -0.1) is 0 Å². The molecule has 146 valence electrons. The highest BCUT2D eigenvalue weighted by molar-refractivity contribution is 5.85. The maximum absolute atomic E-state index is 12.0. The van der Waals surface area contributed by atoms with Crippen molar-refractivity contribution in [2.45, 2.75) is 20.3 Å². The first-order valence-electron chi connectivity index (χ1n) is 9.45. The monoisotopic (exact) mass is 375 g/mol. The van der Waals surface area contributed by atoms with Crippen LogP contribution in [0.5, 0.6) is 5.75 Å². The van der Waals surface area contributed by atoms with Crippen LogP contribution in [0.4, 0.5) is 0 Å². The van der Waals surface area contributed by atoms with E-state index in [2.05, 4.69) is 5.32 Å². The molecule has 1 aromatic carbocycles. The smallest absolute Gasteiger partial charge is 0.336 e. The van der Waals surface area contributed by atoms with Gasteiger partial charge in [0.05, 0.1) is 26.3 Å². The number of quaternary nitrogens is 1. The van der Waals surface area contributed by atoms with Gasteiger partial charge in [0.25, 0.3) is 5.91 Å². The zero-order chi connectivity index (χ0) is 19.2. The van der Waals surface area contributed by atoms with Crippen LogP contribution in [0.2, 0.25) is 0 Å². The molecule has 0 aliphatic carbocycles. The van der Waals surface area contributed by atoms with Crippen LogP contribution in [-0.2, 0) is 16.0 Å². The molecule has 0 spiro atoms. The van der Waals surface area contributed by atoms with Gasteiger partial charge in [-0.3, -0.25) is 4.79 Å². The summed E-state index contributed by atoms with van der Waals surface area (Å²) in [5.41, 5.74) is 1.82. The Kier molecular flexibility index (Phi) is 6.47. The molecule has 27 heavy (non-hydrogen) atoms. The van der Waals surface area contributed by atoms with Crippen molar-refractivity contribution in [2.24, 2.45) is 0 Å². The summed E-state index contributed by atoms with van der Waals surface area (Å²) in [6.45, 7) is 8.78. The molecule has 0 atom stereocenters. The quantitative estimate of drug-likeness (QED) is 0.670. The Hall–Kier alpha value is -2.38. The number of rotatable bonds is 7. The standard InChI is InChI=1S/C20H26N2O5/c1-3-15-12-19(24)27-20-14(2)17(5-4-16(15)20)26-13-18(23)21-6-7-22-8-10-25-11-9-22/h4-5,12H,3,6-11,13H2,1-2H3,(H,21,23)/p+1. The third-order valence-electron chi connectivity index (χ3n) is 4.94. The van der Waals surface area contributed by atoms with Crippen LogP contribution in [0.25, 0.3) is 11.0 Å². The van der Waals surface area contributed by atoms with Crippen molar-refractivity contribution in [2.75, 3.05) is 46.0 Å². The molecule has 1 amide bonds. The Bertz CT molecular complexity index is 855. The Morgan fingerprint density at radius 3 is 2.81 bits per heavy atom. The van der Waals surface area contributed by atoms with Crippen LogP contribution in [0.15, 0.2) is 27.4 Å². The molecule has 0 radical (unpaired) electrons. The summed E-state index contributed by atoms with van der Waals surface area (Å²) in [5.74, 6) is 0.388. The van der Waals surface area contributed by atoms with E-state index in [1.165, 1.54) is 11.0 Å². The van der Waals surface area contributed by atoms with Crippen LogP contribution >= 0.6 is 0 Å². The van der Waals surface area contributed by atoms with Crippen molar-refractivity contribution in [1.29, 1.82) is 0 Å². The summed E-state index contributed by atoms with van der Waals surface area (Å²) >= 11 is 0. The molecule has 2 aromatic rings. The number of amides is 1. The second-order valence-corrected chi connectivity index (χ2v) is 6.76. The van der Waals surface area contributed by atoms with E-state index < -0.39 is 0 Å². The molecule has 1 fully saturated rings. The van der Waals surface area contributed by atoms with E-state index in [0.29, 0.717) is 17.9 Å². The zero-order valence-corrected chi connectivity index (χ0v) is 15.9. The van der Waals surface area contributed by atoms with Gasteiger partial charge in [-0.1, -0.05) is 6.92 Å². The summed E-state index contributed by atoms with van der Waals surface area (Å²) in [6, 6.07) is 5.22. The predicted molar refractivity (Wildman–Crippen MR) is 101 cm³/mol. The Morgan fingerprint density at radius 2 is 2.07 bits per heavy atom. The molecule has 7 heteroatoms. The number of hydrogen-bond acceptors (Lipinski definition) is 5. The highest BCUT2D eigenvalue weighted by Crippen LogP contribution is 2.28. The van der Waals surface area contributed by atoms with Gasteiger partial charge in [0.2, 0.25) is 0 Å². The van der Waals surface area contributed by atoms with Gasteiger partial charge in [0.15, 0.2) is 6.61 Å². The number of fused-ring (bicyclic) bond motifs is 1. The molecule has 0 unspecified atom stereocenters. The summed E-state index contributed by atoms with van der Waals surface area (Å²) in [6.07, 6.45) is 0.745. The highest BCUT2D eigenvalue weighted by atomic mass is 16.5. The van der Waals surface area contributed by atoms with Crippen LogP contribution in [0, 0.1) is 6.92 Å². The van der Waals surface area contributed by atoms with Crippen molar-refractivity contribution >= 4 is 16.9 Å². The molecule has 2 heterocycles. The molecule has 1 saturated heterocycles. The molecule has 1 aliphatic heterocycles. The number of benzene rings is 1. The van der Waals surface area contributed by atoms with Crippen LogP contribution < -0.4 is 20.6 Å². The van der Waals surface area contributed by atoms with E-state index in [1.807, 2.05) is 26.0 Å². The van der Waals surface area contributed by atoms with Gasteiger partial charge in [-0.2, -0.15) is 0 Å². The summed E-state index contributed by atoms with van der Waals surface area (Å²) in [5, 5.41) is 3.79. The fourth-order valence-corrected chi connectivity index (χ4v) is 3.34. The van der Waals surface area contributed by atoms with Gasteiger partial charge < -0.3 is 24.1 Å². The van der Waals surface area contributed by atoms with E-state index in [9.17, 15) is 9.59 Å². The molecular weight excluding hydrogens is 348 g/mol. The first-order chi connectivity index (χ1) is 13.1. The van der Waals surface area contributed by atoms with E-state index >= 15 is 0 Å². The maximum atomic E-state index is 12.0. The van der Waals surface area contributed by atoms with Crippen LogP contribution in [0.3, 0.4) is 0 Å². The number of aryl methyl sites for hydroxylation is 2. The lowest BCUT2D eigenvalue weighted by Gasteiger charge is -2.23. The van der Waals surface area contributed by atoms with Gasteiger partial charge in [0, 0.05) is 17.0 Å². The SMILES string of the molecule is CCc1cc(=O)oc2c(C)c(OCC(=O)NCC[NH+]3CCOCC3)ccc12. The number of hydrogen-bond donors (Lipinski definition) is 2. The average Bonchev–Trinajstić information content (AvgIpc) is 2.68. The van der Waals surface area contributed by atoms with E-state index in [1.54, 1.807) is 0 Å². The van der Waals surface area contributed by atoms with Gasteiger partial charge in [-0.25, -0.2) is 4.79 Å². The molecule has 0 bridgehead atoms. The Balaban J connectivity index is 1.57. The lowest BCUT2D eigenvalue weighted by atomic mass is 10.0. The van der Waals surface area contributed by atoms with Crippen molar-refractivity contribution in [3.05, 3.63) is 39.7 Å². The fourth-order valence-electron chi connectivity index (χ4n) is 3.34. The Labute approximate surface area is 158 Å². The van der Waals surface area contributed by atoms with Crippen LogP contribution in [0.1, 0.15) is 18.1 Å². The first kappa shape index (κ1) is 19.4. The second-order valence-electron chi connectivity index (χ2n) is 6.76. The third kappa shape index (κ3) is 4.87. The number of nitrogens with one attached hydrogen (secondary N) is 2. The van der Waals surface area contributed by atoms with Crippen LogP contribution in [-0.4, -0.2) is 51.9 Å². The molecule has 1 aliphatic rings. The summed E-state index contributed by atoms with van der Waals surface area (Å²) in [4.78, 5) is 25.2. The van der Waals surface area contributed by atoms with Gasteiger partial charge in [-0.05, 0) is 31.0 Å². The van der Waals surface area contributed by atoms with E-state index in [-0.39, 0.29) is 18.1 Å². The molecule has 3 rings (SSSR count). The molecular formula is C20H27N2O5+. The number of carbonyl (C=O) groups excluding carboxylic acids is 1. The van der Waals surface area contributed by atoms with E-state index in [0.717, 1.165) is 55.8 Å². The van der Waals surface area contributed by atoms with E-state index in [4.69, 9.17) is 13.9 Å². The first-order valence-corrected chi connectivity index (χ1v) is 9.45. The molecule has 1 aromatic heterocycles. The third-order valence-corrected chi connectivity index (χ3v) is 4.94. The lowest BCUT2D eigenvalue weighted by molar-refractivity contribution is -0.906. The van der Waals surface area contributed by atoms with Crippen molar-refractivity contribution < 1.29 is 23.6 Å². The fraction of sp³-hybridized carbons (Fsp3) is 0.500. The average molecular weight is 375 g/mol. The minimum absolute atomic E-state index is 0.0670. The van der Waals surface area contributed by atoms with Crippen molar-refractivity contribution in [3.8, 4) is 5.75 Å². The minimum atomic E-state index is -0.372. The topological polar surface area (TPSA) is 82.2 Å². The van der Waals surface area contributed by atoms with Crippen molar-refractivity contribution in [1.82, 2.24) is 5.32 Å². The number of carbonyl (C=O) groups is 1. The number of morpholine rings is 1. The van der Waals surface area contributed by atoms with Crippen molar-refractivity contribution in [3.63, 3.8) is 0 Å². The maximum Gasteiger partial charge on any atom is 0.336 e. The van der Waals surface area contributed by atoms with Gasteiger partial charge in [0.1, 0.15) is 24.4 Å². The normalized spacial score (nSPS) is 15.0. The zero-order valence-electron chi connectivity index (χ0n) is 15.9. The molecule has 2 N–H and O–H groups in total. The molecule has 7 nitrogen and oxygen atoms in total. The highest BCUT2D eigenvalue weighted by Gasteiger charge is 2.15. The predicted octanol–water partition coefficient (Wildman–Crippen LogP) is 0.0739. The summed E-state index contributed by atoms with van der Waals surface area (Å²) < 4.78 is 16.3. The number of ether oxygens (including phenoxy) is 2. The van der Waals surface area contributed by atoms with Gasteiger partial charge >= 0.3 is 5.63 Å². The second kappa shape index (κ2) is 9.01. The summed E-state index contributed by atoms with van der Waals surface area (Å²) in [7, 11) is 0. The Morgan fingerprint density at radius 1 is 1.30 bits per heavy atom.